The van der Waals surface area contributed by atoms with Gasteiger partial charge in [-0.25, -0.2) is 9.97 Å². The van der Waals surface area contributed by atoms with Crippen molar-refractivity contribution in [3.8, 4) is 22.9 Å². The summed E-state index contributed by atoms with van der Waals surface area (Å²) in [6.07, 6.45) is 12.8. The Morgan fingerprint density at radius 2 is 0.970 bits per heavy atom. The Morgan fingerprint density at radius 1 is 0.576 bits per heavy atom. The van der Waals surface area contributed by atoms with Gasteiger partial charge in [0.15, 0.2) is 0 Å². The van der Waals surface area contributed by atoms with E-state index in [1.54, 1.807) is 18.7 Å². The molecule has 4 aromatic carbocycles. The lowest BCUT2D eigenvalue weighted by molar-refractivity contribution is -0.386. The van der Waals surface area contributed by atoms with Gasteiger partial charge in [-0.05, 0) is 121 Å². The van der Waals surface area contributed by atoms with E-state index in [4.69, 9.17) is 15.2 Å². The van der Waals surface area contributed by atoms with Crippen molar-refractivity contribution >= 4 is 22.7 Å². The molecule has 4 aliphatic heterocycles. The number of nitro benzene ring substituents is 1. The molecule has 0 radical (unpaired) electrons. The fourth-order valence-electron chi connectivity index (χ4n) is 10.6. The van der Waals surface area contributed by atoms with Crippen LogP contribution < -0.4 is 25.0 Å². The Labute approximate surface area is 388 Å². The van der Waals surface area contributed by atoms with Crippen molar-refractivity contribution in [2.24, 2.45) is 0 Å². The van der Waals surface area contributed by atoms with E-state index in [-0.39, 0.29) is 21.8 Å². The maximum absolute atomic E-state index is 11.6. The highest BCUT2D eigenvalue weighted by molar-refractivity contribution is 5.67. The molecule has 10 rings (SSSR count). The second-order valence-electron chi connectivity index (χ2n) is 19.3. The van der Waals surface area contributed by atoms with Gasteiger partial charge in [0.1, 0.15) is 22.7 Å². The summed E-state index contributed by atoms with van der Waals surface area (Å²) in [5.41, 5.74) is 19.8. The summed E-state index contributed by atoms with van der Waals surface area (Å²) in [5.74, 6) is 1.91. The topological polar surface area (TPSA) is 136 Å². The van der Waals surface area contributed by atoms with Gasteiger partial charge in [0.25, 0.3) is 5.69 Å². The number of hydrogen-bond donors (Lipinski definition) is 1. The molecule has 2 N–H and O–H groups in total. The summed E-state index contributed by atoms with van der Waals surface area (Å²) in [5, 5.41) is 11.6. The van der Waals surface area contributed by atoms with Crippen molar-refractivity contribution in [2.75, 3.05) is 81.0 Å². The summed E-state index contributed by atoms with van der Waals surface area (Å²) in [6, 6.07) is 17.3. The van der Waals surface area contributed by atoms with Gasteiger partial charge in [0.05, 0.1) is 17.6 Å². The zero-order chi connectivity index (χ0) is 46.5. The lowest BCUT2D eigenvalue weighted by Gasteiger charge is -2.39. The monoisotopic (exact) mass is 893 g/mol. The number of nitrogens with zero attached hydrogens (tertiary/aromatic N) is 9. The number of piperazine rings is 2. The van der Waals surface area contributed by atoms with Crippen molar-refractivity contribution in [3.63, 3.8) is 0 Å². The highest BCUT2D eigenvalue weighted by Crippen LogP contribution is 2.46. The first-order valence-electron chi connectivity index (χ1n) is 23.2. The van der Waals surface area contributed by atoms with Gasteiger partial charge in [0, 0.05) is 159 Å². The number of nitrogen functional groups attached to an aromatic ring is 1. The van der Waals surface area contributed by atoms with Gasteiger partial charge >= 0.3 is 0 Å². The van der Waals surface area contributed by atoms with Crippen LogP contribution in [0.25, 0.3) is 11.4 Å². The molecule has 14 nitrogen and oxygen atoms in total. The molecule has 2 unspecified atom stereocenters. The van der Waals surface area contributed by atoms with Crippen LogP contribution in [-0.4, -0.2) is 110 Å². The molecule has 346 valence electrons. The first-order valence-corrected chi connectivity index (χ1v) is 23.2. The third-order valence-electron chi connectivity index (χ3n) is 14.7. The van der Waals surface area contributed by atoms with Crippen molar-refractivity contribution in [1.82, 2.24) is 28.9 Å². The average Bonchev–Trinajstić information content (AvgIpc) is 4.16. The quantitative estimate of drug-likeness (QED) is 0.0857. The summed E-state index contributed by atoms with van der Waals surface area (Å²) < 4.78 is 17.1. The van der Waals surface area contributed by atoms with Crippen LogP contribution in [0.15, 0.2) is 86.0 Å². The number of benzene rings is 4. The van der Waals surface area contributed by atoms with E-state index in [1.165, 1.54) is 28.1 Å². The molecule has 14 heteroatoms. The Hall–Kier alpha value is -6.38. The van der Waals surface area contributed by atoms with E-state index in [0.29, 0.717) is 12.0 Å². The van der Waals surface area contributed by atoms with E-state index in [1.807, 2.05) is 48.6 Å². The first kappa shape index (κ1) is 44.8. The molecule has 6 heterocycles. The number of rotatable bonds is 9. The van der Waals surface area contributed by atoms with Crippen molar-refractivity contribution in [3.05, 3.63) is 141 Å². The summed E-state index contributed by atoms with van der Waals surface area (Å²) in [6.45, 7) is 26.0. The lowest BCUT2D eigenvalue weighted by Crippen LogP contribution is -2.52. The van der Waals surface area contributed by atoms with Crippen LogP contribution in [0.3, 0.4) is 0 Å². The number of imidazole rings is 2. The molecule has 0 saturated carbocycles. The molecule has 4 aliphatic rings. The number of aromatic nitrogens is 4. The van der Waals surface area contributed by atoms with Crippen LogP contribution in [0, 0.1) is 51.7 Å². The molecule has 0 amide bonds. The molecule has 0 bridgehead atoms. The number of anilines is 3. The van der Waals surface area contributed by atoms with E-state index in [0.717, 1.165) is 123 Å². The molecule has 0 aliphatic carbocycles. The number of hydrogen-bond acceptors (Lipinski definition) is 11. The number of ether oxygens (including phenoxy) is 2. The maximum atomic E-state index is 11.6. The van der Waals surface area contributed by atoms with Gasteiger partial charge < -0.3 is 34.1 Å². The smallest absolute Gasteiger partial charge is 0.275 e. The minimum absolute atomic E-state index is 0.202. The van der Waals surface area contributed by atoms with Crippen LogP contribution in [0.5, 0.6) is 11.5 Å². The highest BCUT2D eigenvalue weighted by atomic mass is 16.6. The minimum atomic E-state index is -0.381. The average molecular weight is 893 g/mol. The van der Waals surface area contributed by atoms with Gasteiger partial charge in [-0.1, -0.05) is 0 Å². The fourth-order valence-corrected chi connectivity index (χ4v) is 10.6. The van der Waals surface area contributed by atoms with Crippen LogP contribution in [-0.2, 0) is 12.8 Å². The summed E-state index contributed by atoms with van der Waals surface area (Å²) in [4.78, 5) is 29.5. The third-order valence-corrected chi connectivity index (χ3v) is 14.7. The zero-order valence-corrected chi connectivity index (χ0v) is 39.8. The summed E-state index contributed by atoms with van der Waals surface area (Å²) in [7, 11) is 0. The number of fused-ring (bicyclic) bond motifs is 2. The molecule has 6 aromatic rings. The van der Waals surface area contributed by atoms with Crippen LogP contribution >= 0.6 is 0 Å². The Morgan fingerprint density at radius 3 is 1.36 bits per heavy atom. The molecule has 2 aromatic heterocycles. The lowest BCUT2D eigenvalue weighted by atomic mass is 9.91. The number of nitro groups is 1. The molecule has 66 heavy (non-hydrogen) atoms. The van der Waals surface area contributed by atoms with Gasteiger partial charge in [-0.15, -0.1) is 0 Å². The van der Waals surface area contributed by atoms with Gasteiger partial charge in [-0.2, -0.15) is 0 Å². The standard InChI is InChI=1S/C26H31N5O3.C26H33N5O/c1-18-19(2)25-23(20(3)24(18)31(32)33)15-26(4,34-25)16-28-11-13-29(14-12-28)21-5-7-22(8-6-21)30-10-9-27-17-30;1-18-19(2)25-23(20(3)24(18)27)15-26(4,32-25)16-29-11-13-30(14-12-29)21-5-7-22(8-6-21)31-10-9-28-17-31/h5-10,17H,11-16H2,1-4H3;5-10,17H,11-16,27H2,1-4H3. The second kappa shape index (κ2) is 17.8. The van der Waals surface area contributed by atoms with Crippen LogP contribution in [0.4, 0.5) is 22.7 Å². The van der Waals surface area contributed by atoms with Crippen LogP contribution in [0.1, 0.15) is 58.4 Å². The molecule has 0 spiro atoms. The minimum Gasteiger partial charge on any atom is -0.485 e. The Bertz CT molecular complexity index is 2660. The van der Waals surface area contributed by atoms with E-state index >= 15 is 0 Å². The second-order valence-corrected chi connectivity index (χ2v) is 19.3. The SMILES string of the molecule is Cc1c(C)c([N+](=O)[O-])c(C)c2c1OC(C)(CN1CCN(c3ccc(-n4ccnc4)cc3)CC1)C2.Cc1c(C)c2c(c(C)c1N)CC(C)(CN1CCN(c3ccc(-n4ccnc4)cc3)CC1)O2. The van der Waals surface area contributed by atoms with Crippen molar-refractivity contribution in [1.29, 1.82) is 0 Å². The third kappa shape index (κ3) is 8.71. The maximum Gasteiger partial charge on any atom is 0.275 e. The zero-order valence-electron chi connectivity index (χ0n) is 39.8. The molecular weight excluding hydrogens is 829 g/mol. The molecular formula is C52H64N10O4. The van der Waals surface area contributed by atoms with Gasteiger partial charge in [0.2, 0.25) is 0 Å². The molecule has 2 fully saturated rings. The largest absolute Gasteiger partial charge is 0.485 e. The van der Waals surface area contributed by atoms with E-state index < -0.39 is 0 Å². The molecule has 2 atom stereocenters. The van der Waals surface area contributed by atoms with E-state index in [2.05, 4.69) is 113 Å². The van der Waals surface area contributed by atoms with Crippen molar-refractivity contribution in [2.45, 2.75) is 79.4 Å². The molecule has 2 saturated heterocycles. The normalized spacial score (nSPS) is 20.6. The predicted octanol–water partition coefficient (Wildman–Crippen LogP) is 8.12. The highest BCUT2D eigenvalue weighted by Gasteiger charge is 2.42. The first-order chi connectivity index (χ1) is 31.6. The van der Waals surface area contributed by atoms with E-state index in [9.17, 15) is 10.1 Å². The van der Waals surface area contributed by atoms with Gasteiger partial charge in [-0.3, -0.25) is 19.9 Å². The Balaban J connectivity index is 0.000000166. The fraction of sp³-hybridized carbons (Fsp3) is 0.423. The predicted molar refractivity (Wildman–Crippen MR) is 262 cm³/mol. The Kier molecular flexibility index (Phi) is 12.1. The number of nitrogens with two attached hydrogens (primary N) is 1. The van der Waals surface area contributed by atoms with Crippen LogP contribution in [0.2, 0.25) is 0 Å². The van der Waals surface area contributed by atoms with Crippen molar-refractivity contribution < 1.29 is 14.4 Å². The summed E-state index contributed by atoms with van der Waals surface area (Å²) >= 11 is 0.